The number of benzene rings is 3. The Morgan fingerprint density at radius 2 is 1.67 bits per heavy atom. The number of hydrazone groups is 1. The predicted octanol–water partition coefficient (Wildman–Crippen LogP) is 4.72. The molecule has 4 rings (SSSR count). The molecule has 1 aliphatic carbocycles. The van der Waals surface area contributed by atoms with Crippen molar-refractivity contribution in [3.63, 3.8) is 0 Å². The number of hydrogen-bond donors (Lipinski definition) is 1. The summed E-state index contributed by atoms with van der Waals surface area (Å²) >= 11 is 3.30. The number of sulfonamides is 1. The summed E-state index contributed by atoms with van der Waals surface area (Å²) in [5.74, 6) is 0. The van der Waals surface area contributed by atoms with Crippen molar-refractivity contribution in [2.75, 3.05) is 0 Å². The smallest absolute Gasteiger partial charge is 0.200 e. The molecule has 0 aliphatic heterocycles. The van der Waals surface area contributed by atoms with Gasteiger partial charge in [-0.1, -0.05) is 52.3 Å². The second kappa shape index (κ2) is 6.94. The normalized spacial score (nSPS) is 13.2. The summed E-state index contributed by atoms with van der Waals surface area (Å²) in [7, 11) is -3.70. The summed E-state index contributed by atoms with van der Waals surface area (Å²) in [6.45, 7) is 1.80. The molecule has 0 aromatic heterocycles. The summed E-state index contributed by atoms with van der Waals surface area (Å²) in [6, 6.07) is 20.9. The maximum atomic E-state index is 12.4. The molecule has 0 amide bonds. The number of halogens is 1. The van der Waals surface area contributed by atoms with Crippen molar-refractivity contribution >= 4 is 31.7 Å². The van der Waals surface area contributed by atoms with E-state index in [1.807, 2.05) is 12.1 Å². The second-order valence-electron chi connectivity index (χ2n) is 6.45. The van der Waals surface area contributed by atoms with Crippen LogP contribution in [0.15, 0.2) is 81.2 Å². The molecule has 3 aromatic rings. The number of rotatable bonds is 4. The SMILES string of the molecule is C/C(=N\NS(=O)(=O)c1ccc(Br)cc1)c1ccc2c(c1)-c1ccccc1C2. The summed E-state index contributed by atoms with van der Waals surface area (Å²) in [5.41, 5.74) is 6.52. The Morgan fingerprint density at radius 3 is 2.44 bits per heavy atom. The van der Waals surface area contributed by atoms with Crippen molar-refractivity contribution in [1.29, 1.82) is 0 Å². The molecule has 0 heterocycles. The molecular formula is C21H17BrN2O2S. The fraction of sp³-hybridized carbons (Fsp3) is 0.0952. The van der Waals surface area contributed by atoms with E-state index in [4.69, 9.17) is 0 Å². The first-order valence-electron chi connectivity index (χ1n) is 8.47. The third-order valence-corrected chi connectivity index (χ3v) is 6.43. The first kappa shape index (κ1) is 17.9. The number of nitrogens with zero attached hydrogens (tertiary/aromatic N) is 1. The number of hydrogen-bond acceptors (Lipinski definition) is 3. The van der Waals surface area contributed by atoms with Gasteiger partial charge in [0.2, 0.25) is 0 Å². The van der Waals surface area contributed by atoms with Gasteiger partial charge >= 0.3 is 0 Å². The van der Waals surface area contributed by atoms with Crippen molar-refractivity contribution in [3.05, 3.63) is 87.9 Å². The van der Waals surface area contributed by atoms with Crippen LogP contribution in [0, 0.1) is 0 Å². The molecule has 0 bridgehead atoms. The first-order chi connectivity index (χ1) is 12.9. The molecule has 27 heavy (non-hydrogen) atoms. The Balaban J connectivity index is 1.61. The third kappa shape index (κ3) is 3.55. The van der Waals surface area contributed by atoms with Gasteiger partial charge in [0.15, 0.2) is 0 Å². The Labute approximate surface area is 167 Å². The molecule has 0 spiro atoms. The zero-order valence-electron chi connectivity index (χ0n) is 14.6. The highest BCUT2D eigenvalue weighted by Gasteiger charge is 2.18. The summed E-state index contributed by atoms with van der Waals surface area (Å²) in [5, 5.41) is 4.11. The molecule has 0 saturated carbocycles. The van der Waals surface area contributed by atoms with E-state index in [1.54, 1.807) is 19.1 Å². The van der Waals surface area contributed by atoms with E-state index >= 15 is 0 Å². The van der Waals surface area contributed by atoms with Gasteiger partial charge in [-0.05, 0) is 71.5 Å². The Kier molecular flexibility index (Phi) is 4.61. The van der Waals surface area contributed by atoms with Crippen LogP contribution in [-0.4, -0.2) is 14.1 Å². The molecule has 4 nitrogen and oxygen atoms in total. The largest absolute Gasteiger partial charge is 0.276 e. The Hall–Kier alpha value is -2.44. The van der Waals surface area contributed by atoms with Gasteiger partial charge in [-0.25, -0.2) is 0 Å². The van der Waals surface area contributed by atoms with E-state index in [9.17, 15) is 8.42 Å². The predicted molar refractivity (Wildman–Crippen MR) is 111 cm³/mol. The zero-order chi connectivity index (χ0) is 19.0. The fourth-order valence-corrected chi connectivity index (χ4v) is 4.33. The van der Waals surface area contributed by atoms with Crippen LogP contribution < -0.4 is 4.83 Å². The quantitative estimate of drug-likeness (QED) is 0.368. The second-order valence-corrected chi connectivity index (χ2v) is 9.03. The van der Waals surface area contributed by atoms with Crippen LogP contribution in [0.4, 0.5) is 0 Å². The van der Waals surface area contributed by atoms with Crippen LogP contribution in [0.25, 0.3) is 11.1 Å². The van der Waals surface area contributed by atoms with Gasteiger partial charge in [0.05, 0.1) is 10.6 Å². The monoisotopic (exact) mass is 440 g/mol. The first-order valence-corrected chi connectivity index (χ1v) is 10.7. The lowest BCUT2D eigenvalue weighted by atomic mass is 10.0. The van der Waals surface area contributed by atoms with Crippen LogP contribution >= 0.6 is 15.9 Å². The van der Waals surface area contributed by atoms with Crippen LogP contribution in [-0.2, 0) is 16.4 Å². The maximum Gasteiger partial charge on any atom is 0.276 e. The van der Waals surface area contributed by atoms with Gasteiger partial charge < -0.3 is 0 Å². The molecule has 0 atom stereocenters. The minimum atomic E-state index is -3.70. The average molecular weight is 441 g/mol. The van der Waals surface area contributed by atoms with E-state index in [-0.39, 0.29) is 4.90 Å². The van der Waals surface area contributed by atoms with Crippen molar-refractivity contribution < 1.29 is 8.42 Å². The van der Waals surface area contributed by atoms with E-state index in [1.165, 1.54) is 34.4 Å². The van der Waals surface area contributed by atoms with Gasteiger partial charge in [-0.15, -0.1) is 0 Å². The molecule has 0 fully saturated rings. The van der Waals surface area contributed by atoms with Gasteiger partial charge in [-0.2, -0.15) is 18.4 Å². The van der Waals surface area contributed by atoms with Crippen molar-refractivity contribution in [3.8, 4) is 11.1 Å². The minimum Gasteiger partial charge on any atom is -0.200 e. The molecule has 1 N–H and O–H groups in total. The van der Waals surface area contributed by atoms with Crippen molar-refractivity contribution in [2.45, 2.75) is 18.2 Å². The van der Waals surface area contributed by atoms with Crippen molar-refractivity contribution in [2.24, 2.45) is 5.10 Å². The van der Waals surface area contributed by atoms with Crippen LogP contribution in [0.5, 0.6) is 0 Å². The molecule has 0 unspecified atom stereocenters. The van der Waals surface area contributed by atoms with Gasteiger partial charge in [0, 0.05) is 4.47 Å². The molecule has 0 saturated heterocycles. The standard InChI is InChI=1S/C21H17BrN2O2S/c1-14(23-24-27(25,26)19-10-8-18(22)9-11-19)15-6-7-17-12-16-4-2-3-5-20(16)21(17)13-15/h2-11,13,24H,12H2,1H3/b23-14+. The highest BCUT2D eigenvalue weighted by atomic mass is 79.9. The average Bonchev–Trinajstić information content (AvgIpc) is 3.04. The Morgan fingerprint density at radius 1 is 0.963 bits per heavy atom. The van der Waals surface area contributed by atoms with Crippen LogP contribution in [0.3, 0.4) is 0 Å². The molecule has 1 aliphatic rings. The summed E-state index contributed by atoms with van der Waals surface area (Å²) in [6.07, 6.45) is 0.929. The van der Waals surface area contributed by atoms with E-state index in [2.05, 4.69) is 56.2 Å². The highest BCUT2D eigenvalue weighted by molar-refractivity contribution is 9.10. The molecule has 3 aromatic carbocycles. The lowest BCUT2D eigenvalue weighted by Gasteiger charge is -2.08. The molecule has 6 heteroatoms. The summed E-state index contributed by atoms with van der Waals surface area (Å²) in [4.78, 5) is 2.50. The zero-order valence-corrected chi connectivity index (χ0v) is 17.0. The van der Waals surface area contributed by atoms with Gasteiger partial charge in [-0.3, -0.25) is 0 Å². The lowest BCUT2D eigenvalue weighted by molar-refractivity contribution is 0.584. The lowest BCUT2D eigenvalue weighted by Crippen LogP contribution is -2.19. The maximum absolute atomic E-state index is 12.4. The fourth-order valence-electron chi connectivity index (χ4n) is 3.21. The summed E-state index contributed by atoms with van der Waals surface area (Å²) < 4.78 is 25.6. The van der Waals surface area contributed by atoms with E-state index in [0.29, 0.717) is 5.71 Å². The van der Waals surface area contributed by atoms with Gasteiger partial charge in [0.1, 0.15) is 0 Å². The van der Waals surface area contributed by atoms with Gasteiger partial charge in [0.25, 0.3) is 10.0 Å². The minimum absolute atomic E-state index is 0.171. The highest BCUT2D eigenvalue weighted by Crippen LogP contribution is 2.36. The van der Waals surface area contributed by atoms with E-state index < -0.39 is 10.0 Å². The van der Waals surface area contributed by atoms with Crippen LogP contribution in [0.1, 0.15) is 23.6 Å². The number of nitrogens with one attached hydrogen (secondary N) is 1. The molecule has 136 valence electrons. The number of fused-ring (bicyclic) bond motifs is 3. The molecular weight excluding hydrogens is 424 g/mol. The third-order valence-electron chi connectivity index (χ3n) is 4.67. The Bertz CT molecular complexity index is 1150. The van der Waals surface area contributed by atoms with Crippen molar-refractivity contribution in [1.82, 2.24) is 4.83 Å². The molecule has 0 radical (unpaired) electrons. The van der Waals surface area contributed by atoms with E-state index in [0.717, 1.165) is 16.5 Å². The van der Waals surface area contributed by atoms with Crippen LogP contribution in [0.2, 0.25) is 0 Å². The topological polar surface area (TPSA) is 58.5 Å².